The quantitative estimate of drug-likeness (QED) is 0.245. The first-order chi connectivity index (χ1) is 22.4. The van der Waals surface area contributed by atoms with Crippen molar-refractivity contribution in [3.63, 3.8) is 0 Å². The van der Waals surface area contributed by atoms with E-state index in [-0.39, 0.29) is 18.2 Å². The van der Waals surface area contributed by atoms with E-state index in [9.17, 15) is 24.0 Å². The average Bonchev–Trinajstić information content (AvgIpc) is 2.96. The van der Waals surface area contributed by atoms with E-state index in [0.717, 1.165) is 5.56 Å². The Bertz CT molecular complexity index is 1390. The molecule has 0 unspecified atom stereocenters. The Morgan fingerprint density at radius 1 is 0.694 bits per heavy atom. The summed E-state index contributed by atoms with van der Waals surface area (Å²) in [4.78, 5) is 68.6. The minimum absolute atomic E-state index is 0.108. The topological polar surface area (TPSA) is 135 Å². The predicted molar refractivity (Wildman–Crippen MR) is 181 cm³/mol. The summed E-state index contributed by atoms with van der Waals surface area (Å²) in [6, 6.07) is 9.79. The van der Waals surface area contributed by atoms with E-state index < -0.39 is 82.8 Å². The van der Waals surface area contributed by atoms with Gasteiger partial charge in [-0.15, -0.1) is 0 Å². The molecule has 11 nitrogen and oxygen atoms in total. The van der Waals surface area contributed by atoms with Crippen LogP contribution in [0, 0.1) is 27.6 Å². The lowest BCUT2D eigenvalue weighted by Gasteiger charge is -2.48. The van der Waals surface area contributed by atoms with Crippen molar-refractivity contribution < 1.29 is 47.7 Å². The van der Waals surface area contributed by atoms with Gasteiger partial charge in [0.05, 0.1) is 21.7 Å². The first-order valence-corrected chi connectivity index (χ1v) is 16.9. The fourth-order valence-electron chi connectivity index (χ4n) is 4.91. The van der Waals surface area contributed by atoms with Crippen LogP contribution in [-0.4, -0.2) is 71.9 Å². The monoisotopic (exact) mass is 685 g/mol. The fraction of sp³-hybridized carbons (Fsp3) is 0.658. The molecule has 0 aromatic heterocycles. The number of benzene rings is 1. The third-order valence-electron chi connectivity index (χ3n) is 8.03. The molecule has 272 valence electrons. The molecule has 49 heavy (non-hydrogen) atoms. The number of hydrogen-bond acceptors (Lipinski definition) is 10. The summed E-state index contributed by atoms with van der Waals surface area (Å²) in [5.74, 6) is -2.94. The maximum Gasteiger partial charge on any atom is 0.311 e. The third kappa shape index (κ3) is 10.6. The highest BCUT2D eigenvalue weighted by Gasteiger charge is 2.56. The predicted octanol–water partition coefficient (Wildman–Crippen LogP) is 5.78. The van der Waals surface area contributed by atoms with Gasteiger partial charge in [0.1, 0.15) is 12.7 Å². The Hall–Kier alpha value is -3.73. The van der Waals surface area contributed by atoms with Crippen LogP contribution >= 0.6 is 0 Å². The number of hydrogen-bond donors (Lipinski definition) is 0. The van der Waals surface area contributed by atoms with Gasteiger partial charge in [-0.05, 0) is 101 Å². The second kappa shape index (κ2) is 15.0. The molecule has 1 amide bonds. The van der Waals surface area contributed by atoms with Gasteiger partial charge in [-0.2, -0.15) is 0 Å². The molecule has 2 heterocycles. The smallest absolute Gasteiger partial charge is 0.311 e. The summed E-state index contributed by atoms with van der Waals surface area (Å²) >= 11 is 0. The van der Waals surface area contributed by atoms with Crippen LogP contribution in [-0.2, 0) is 54.1 Å². The van der Waals surface area contributed by atoms with Crippen LogP contribution in [0.4, 0.5) is 0 Å². The van der Waals surface area contributed by atoms with Gasteiger partial charge in [0.25, 0.3) is 0 Å². The molecule has 1 aromatic rings. The Balaban J connectivity index is 2.15. The Morgan fingerprint density at radius 2 is 1.16 bits per heavy atom. The van der Waals surface area contributed by atoms with Crippen molar-refractivity contribution in [2.45, 2.75) is 127 Å². The van der Waals surface area contributed by atoms with Gasteiger partial charge < -0.3 is 23.7 Å². The summed E-state index contributed by atoms with van der Waals surface area (Å²) < 4.78 is 30.3. The number of allylic oxidation sites excluding steroid dienone is 1. The van der Waals surface area contributed by atoms with Crippen LogP contribution in [0.25, 0.3) is 0 Å². The summed E-state index contributed by atoms with van der Waals surface area (Å²) in [5.41, 5.74) is -2.79. The van der Waals surface area contributed by atoms with Crippen molar-refractivity contribution in [1.29, 1.82) is 0 Å². The van der Waals surface area contributed by atoms with Crippen LogP contribution in [0.5, 0.6) is 0 Å². The summed E-state index contributed by atoms with van der Waals surface area (Å²) in [6.07, 6.45) is -2.55. The van der Waals surface area contributed by atoms with E-state index in [0.29, 0.717) is 6.42 Å². The van der Waals surface area contributed by atoms with E-state index >= 15 is 0 Å². The SMILES string of the molecule is CC(C)(C)C(=O)OC[C@H]1O[C@@H](N2C=C[C@H](Cc3ccccc3)CC2=O)[C@H](OC(=O)C(C)(C)C)[C@@H](OC(=O)C(C)(C)C)[C@H]1OC(=O)C(C)(C)C. The van der Waals surface area contributed by atoms with Gasteiger partial charge in [-0.3, -0.25) is 28.9 Å². The molecule has 0 aliphatic carbocycles. The van der Waals surface area contributed by atoms with Crippen LogP contribution in [0.1, 0.15) is 95.1 Å². The Kier molecular flexibility index (Phi) is 12.2. The molecule has 6 atom stereocenters. The molecule has 0 bridgehead atoms. The van der Waals surface area contributed by atoms with Gasteiger partial charge in [-0.25, -0.2) is 0 Å². The van der Waals surface area contributed by atoms with Crippen LogP contribution in [0.2, 0.25) is 0 Å². The number of amides is 1. The van der Waals surface area contributed by atoms with E-state index in [1.54, 1.807) is 89.3 Å². The summed E-state index contributed by atoms with van der Waals surface area (Å²) in [5, 5.41) is 0. The zero-order chi connectivity index (χ0) is 37.1. The van der Waals surface area contributed by atoms with E-state index in [2.05, 4.69) is 0 Å². The van der Waals surface area contributed by atoms with E-state index in [1.807, 2.05) is 36.4 Å². The lowest BCUT2D eigenvalue weighted by molar-refractivity contribution is -0.278. The normalized spacial score (nSPS) is 25.0. The highest BCUT2D eigenvalue weighted by atomic mass is 16.7. The number of rotatable bonds is 8. The first-order valence-electron chi connectivity index (χ1n) is 16.9. The zero-order valence-corrected chi connectivity index (χ0v) is 31.2. The van der Waals surface area contributed by atoms with Crippen LogP contribution < -0.4 is 0 Å². The van der Waals surface area contributed by atoms with Gasteiger partial charge in [0.15, 0.2) is 24.5 Å². The van der Waals surface area contributed by atoms with Crippen molar-refractivity contribution in [2.75, 3.05) is 6.61 Å². The maximum absolute atomic E-state index is 13.9. The lowest BCUT2D eigenvalue weighted by atomic mass is 9.90. The Morgan fingerprint density at radius 3 is 1.63 bits per heavy atom. The molecule has 1 fully saturated rings. The highest BCUT2D eigenvalue weighted by molar-refractivity contribution is 5.80. The maximum atomic E-state index is 13.9. The van der Waals surface area contributed by atoms with E-state index in [4.69, 9.17) is 23.7 Å². The standard InChI is InChI=1S/C38H55NO10/c1-35(2,3)31(41)45-22-25-27(47-32(42)36(4,5)6)28(48-33(43)37(7,8)9)29(49-34(44)38(10,11)12)30(46-25)39-19-18-24(21-26(39)40)20-23-16-14-13-15-17-23/h13-19,24-25,27-30H,20-22H2,1-12H3/t24-,25-,27+,28+,29-,30-/m1/s1. The van der Waals surface area contributed by atoms with Crippen LogP contribution in [0.15, 0.2) is 42.6 Å². The summed E-state index contributed by atoms with van der Waals surface area (Å²) in [7, 11) is 0. The number of ether oxygens (including phenoxy) is 5. The lowest BCUT2D eigenvalue weighted by Crippen LogP contribution is -2.67. The largest absolute Gasteiger partial charge is 0.462 e. The molecule has 0 saturated carbocycles. The molecule has 0 N–H and O–H groups in total. The molecule has 2 aliphatic rings. The molecule has 1 aromatic carbocycles. The van der Waals surface area contributed by atoms with Crippen LogP contribution in [0.3, 0.4) is 0 Å². The number of carbonyl (C=O) groups is 5. The Labute approximate surface area is 291 Å². The van der Waals surface area contributed by atoms with Crippen molar-refractivity contribution >= 4 is 29.8 Å². The molecular formula is C38H55NO10. The molecule has 2 aliphatic heterocycles. The van der Waals surface area contributed by atoms with Crippen molar-refractivity contribution in [1.82, 2.24) is 4.90 Å². The molecule has 3 rings (SSSR count). The molecule has 1 saturated heterocycles. The van der Waals surface area contributed by atoms with Gasteiger partial charge in [-0.1, -0.05) is 36.4 Å². The zero-order valence-electron chi connectivity index (χ0n) is 31.2. The molecule has 0 radical (unpaired) electrons. The number of nitrogens with zero attached hydrogens (tertiary/aromatic N) is 1. The first kappa shape index (κ1) is 39.7. The van der Waals surface area contributed by atoms with Crippen molar-refractivity contribution in [2.24, 2.45) is 27.6 Å². The molecule has 11 heteroatoms. The van der Waals surface area contributed by atoms with Crippen molar-refractivity contribution in [3.05, 3.63) is 48.2 Å². The summed E-state index contributed by atoms with van der Waals surface area (Å²) in [6.45, 7) is 19.6. The molecule has 0 spiro atoms. The highest BCUT2D eigenvalue weighted by Crippen LogP contribution is 2.36. The van der Waals surface area contributed by atoms with Gasteiger partial charge in [0, 0.05) is 12.6 Å². The van der Waals surface area contributed by atoms with Crippen molar-refractivity contribution in [3.8, 4) is 0 Å². The third-order valence-corrected chi connectivity index (χ3v) is 8.03. The van der Waals surface area contributed by atoms with Gasteiger partial charge >= 0.3 is 23.9 Å². The second-order valence-electron chi connectivity index (χ2n) is 17.1. The fourth-order valence-corrected chi connectivity index (χ4v) is 4.91. The average molecular weight is 686 g/mol. The second-order valence-corrected chi connectivity index (χ2v) is 17.1. The number of carbonyl (C=O) groups excluding carboxylic acids is 5. The number of esters is 4. The molecular weight excluding hydrogens is 630 g/mol. The van der Waals surface area contributed by atoms with E-state index in [1.165, 1.54) is 4.90 Å². The van der Waals surface area contributed by atoms with Gasteiger partial charge in [0.2, 0.25) is 5.91 Å². The minimum atomic E-state index is -1.44. The minimum Gasteiger partial charge on any atom is -0.462 e.